The number of hydrogen-bond donors (Lipinski definition) is 1. The number of amides is 1. The fourth-order valence-electron chi connectivity index (χ4n) is 1.81. The molecule has 0 spiro atoms. The number of nitrogens with one attached hydrogen (secondary N) is 1. The zero-order valence-electron chi connectivity index (χ0n) is 11.9. The van der Waals surface area contributed by atoms with Crippen molar-refractivity contribution >= 4 is 5.91 Å². The molecule has 1 aromatic rings. The average Bonchev–Trinajstić information content (AvgIpc) is 2.53. The van der Waals surface area contributed by atoms with Crippen molar-refractivity contribution in [2.75, 3.05) is 6.54 Å². The lowest BCUT2D eigenvalue weighted by atomic mass is 10.2. The third-order valence-corrected chi connectivity index (χ3v) is 2.63. The molecule has 1 rings (SSSR count). The van der Waals surface area contributed by atoms with Crippen LogP contribution >= 0.6 is 0 Å². The van der Waals surface area contributed by atoms with Crippen LogP contribution in [0.1, 0.15) is 32.2 Å². The maximum atomic E-state index is 11.5. The summed E-state index contributed by atoms with van der Waals surface area (Å²) in [6, 6.07) is 2.06. The minimum Gasteiger partial charge on any atom is -0.352 e. The predicted molar refractivity (Wildman–Crippen MR) is 73.3 cm³/mol. The van der Waals surface area contributed by atoms with Crippen LogP contribution in [0.25, 0.3) is 0 Å². The lowest BCUT2D eigenvalue weighted by molar-refractivity contribution is -0.116. The van der Waals surface area contributed by atoms with Gasteiger partial charge in [-0.15, -0.1) is 0 Å². The molecule has 100 valence electrons. The van der Waals surface area contributed by atoms with Crippen molar-refractivity contribution in [3.8, 4) is 0 Å². The second-order valence-corrected chi connectivity index (χ2v) is 5.18. The van der Waals surface area contributed by atoms with Crippen molar-refractivity contribution in [3.05, 3.63) is 29.1 Å². The Morgan fingerprint density at radius 2 is 2.17 bits per heavy atom. The molecule has 4 heteroatoms. The van der Waals surface area contributed by atoms with Gasteiger partial charge in [0.15, 0.2) is 0 Å². The number of rotatable bonds is 5. The molecule has 0 fully saturated rings. The van der Waals surface area contributed by atoms with Gasteiger partial charge >= 0.3 is 0 Å². The van der Waals surface area contributed by atoms with E-state index in [4.69, 9.17) is 0 Å². The monoisotopic (exact) mass is 249 g/mol. The van der Waals surface area contributed by atoms with Gasteiger partial charge in [-0.3, -0.25) is 9.48 Å². The Morgan fingerprint density at radius 1 is 1.50 bits per heavy atom. The van der Waals surface area contributed by atoms with E-state index in [1.807, 2.05) is 25.5 Å². The van der Waals surface area contributed by atoms with Gasteiger partial charge in [0.2, 0.25) is 5.91 Å². The third kappa shape index (κ3) is 4.73. The fraction of sp³-hybridized carbons (Fsp3) is 0.571. The fourth-order valence-corrected chi connectivity index (χ4v) is 1.81. The van der Waals surface area contributed by atoms with Gasteiger partial charge in [-0.25, -0.2) is 0 Å². The highest BCUT2D eigenvalue weighted by Gasteiger charge is 2.08. The third-order valence-electron chi connectivity index (χ3n) is 2.63. The van der Waals surface area contributed by atoms with Crippen molar-refractivity contribution in [2.24, 2.45) is 5.92 Å². The van der Waals surface area contributed by atoms with Crippen LogP contribution in [0.2, 0.25) is 0 Å². The van der Waals surface area contributed by atoms with Crippen molar-refractivity contribution in [2.45, 2.75) is 41.2 Å². The summed E-state index contributed by atoms with van der Waals surface area (Å²) >= 11 is 0. The molecular weight excluding hydrogens is 226 g/mol. The molecule has 1 amide bonds. The Labute approximate surface area is 109 Å². The first-order chi connectivity index (χ1) is 8.38. The summed E-state index contributed by atoms with van der Waals surface area (Å²) in [6.07, 6.45) is 1.62. The van der Waals surface area contributed by atoms with Crippen LogP contribution in [-0.2, 0) is 11.3 Å². The molecule has 0 aliphatic heterocycles. The van der Waals surface area contributed by atoms with Crippen molar-refractivity contribution in [1.29, 1.82) is 0 Å². The quantitative estimate of drug-likeness (QED) is 0.813. The van der Waals surface area contributed by atoms with Gasteiger partial charge < -0.3 is 5.32 Å². The molecule has 18 heavy (non-hydrogen) atoms. The van der Waals surface area contributed by atoms with E-state index in [1.54, 1.807) is 6.08 Å². The zero-order chi connectivity index (χ0) is 13.7. The lowest BCUT2D eigenvalue weighted by Crippen LogP contribution is -2.29. The van der Waals surface area contributed by atoms with E-state index in [0.29, 0.717) is 12.5 Å². The van der Waals surface area contributed by atoms with Crippen molar-refractivity contribution < 1.29 is 4.79 Å². The van der Waals surface area contributed by atoms with Crippen LogP contribution in [0.3, 0.4) is 0 Å². The van der Waals surface area contributed by atoms with Crippen molar-refractivity contribution in [3.63, 3.8) is 0 Å². The van der Waals surface area contributed by atoms with Gasteiger partial charge in [0.05, 0.1) is 5.69 Å². The summed E-state index contributed by atoms with van der Waals surface area (Å²) < 4.78 is 1.99. The first-order valence-electron chi connectivity index (χ1n) is 6.32. The highest BCUT2D eigenvalue weighted by molar-refractivity contribution is 5.87. The normalized spacial score (nSPS) is 12.1. The number of allylic oxidation sites excluding steroid dienone is 1. The minimum absolute atomic E-state index is 0.0183. The van der Waals surface area contributed by atoms with E-state index >= 15 is 0 Å². The Balaban J connectivity index is 2.43. The van der Waals surface area contributed by atoms with Gasteiger partial charge in [0.25, 0.3) is 0 Å². The Morgan fingerprint density at radius 3 is 2.67 bits per heavy atom. The number of nitrogens with zero attached hydrogens (tertiary/aromatic N) is 2. The van der Waals surface area contributed by atoms with E-state index in [0.717, 1.165) is 23.5 Å². The van der Waals surface area contributed by atoms with E-state index < -0.39 is 0 Å². The standard InChI is InChI=1S/C14H23N3O/c1-10(2)6-14(18)15-8-11(3)9-17-13(5)7-12(4)16-17/h6-7,11H,8-9H2,1-5H3,(H,15,18)/t11-/m1/s1. The molecule has 0 aliphatic rings. The molecule has 0 aromatic carbocycles. The average molecular weight is 249 g/mol. The van der Waals surface area contributed by atoms with E-state index in [2.05, 4.69) is 30.3 Å². The van der Waals surface area contributed by atoms with Gasteiger partial charge in [0.1, 0.15) is 0 Å². The molecule has 0 radical (unpaired) electrons. The molecule has 1 aromatic heterocycles. The number of aryl methyl sites for hydroxylation is 2. The van der Waals surface area contributed by atoms with Crippen LogP contribution in [0, 0.1) is 19.8 Å². The number of carbonyl (C=O) groups is 1. The highest BCUT2D eigenvalue weighted by atomic mass is 16.1. The Kier molecular flexibility index (Phi) is 5.13. The smallest absolute Gasteiger partial charge is 0.243 e. The van der Waals surface area contributed by atoms with Gasteiger partial charge in [-0.2, -0.15) is 5.10 Å². The van der Waals surface area contributed by atoms with Crippen LogP contribution in [0.15, 0.2) is 17.7 Å². The van der Waals surface area contributed by atoms with E-state index in [1.165, 1.54) is 0 Å². The molecule has 0 aliphatic carbocycles. The van der Waals surface area contributed by atoms with Crippen molar-refractivity contribution in [1.82, 2.24) is 15.1 Å². The topological polar surface area (TPSA) is 46.9 Å². The van der Waals surface area contributed by atoms with Crippen LogP contribution in [0.5, 0.6) is 0 Å². The molecule has 1 atom stereocenters. The van der Waals surface area contributed by atoms with Gasteiger partial charge in [-0.05, 0) is 39.7 Å². The number of aromatic nitrogens is 2. The summed E-state index contributed by atoms with van der Waals surface area (Å²) in [6.45, 7) is 11.5. The predicted octanol–water partition coefficient (Wildman–Crippen LogP) is 2.22. The summed E-state index contributed by atoms with van der Waals surface area (Å²) in [7, 11) is 0. The first kappa shape index (κ1) is 14.5. The Hall–Kier alpha value is -1.58. The van der Waals surface area contributed by atoms with E-state index in [-0.39, 0.29) is 5.91 Å². The Bertz CT molecular complexity index is 442. The van der Waals surface area contributed by atoms with Gasteiger partial charge in [-0.1, -0.05) is 12.5 Å². The van der Waals surface area contributed by atoms with Crippen LogP contribution in [0.4, 0.5) is 0 Å². The SMILES string of the molecule is CC(C)=CC(=O)NC[C@@H](C)Cn1nc(C)cc1C. The molecule has 1 heterocycles. The number of hydrogen-bond acceptors (Lipinski definition) is 2. The van der Waals surface area contributed by atoms with Gasteiger partial charge in [0, 0.05) is 24.9 Å². The largest absolute Gasteiger partial charge is 0.352 e. The maximum absolute atomic E-state index is 11.5. The number of carbonyl (C=O) groups excluding carboxylic acids is 1. The molecule has 0 saturated heterocycles. The summed E-state index contributed by atoms with van der Waals surface area (Å²) in [5.41, 5.74) is 3.21. The van der Waals surface area contributed by atoms with Crippen LogP contribution in [-0.4, -0.2) is 22.2 Å². The minimum atomic E-state index is -0.0183. The van der Waals surface area contributed by atoms with Crippen LogP contribution < -0.4 is 5.32 Å². The zero-order valence-corrected chi connectivity index (χ0v) is 11.9. The maximum Gasteiger partial charge on any atom is 0.243 e. The molecular formula is C14H23N3O. The molecule has 0 unspecified atom stereocenters. The molecule has 0 bridgehead atoms. The highest BCUT2D eigenvalue weighted by Crippen LogP contribution is 2.05. The molecule has 0 saturated carbocycles. The summed E-state index contributed by atoms with van der Waals surface area (Å²) in [5.74, 6) is 0.340. The summed E-state index contributed by atoms with van der Waals surface area (Å²) in [5, 5.41) is 7.32. The second-order valence-electron chi connectivity index (χ2n) is 5.18. The molecule has 1 N–H and O–H groups in total. The summed E-state index contributed by atoms with van der Waals surface area (Å²) in [4.78, 5) is 11.5. The first-order valence-corrected chi connectivity index (χ1v) is 6.32. The second kappa shape index (κ2) is 6.38. The molecule has 4 nitrogen and oxygen atoms in total. The lowest BCUT2D eigenvalue weighted by Gasteiger charge is -2.13. The van der Waals surface area contributed by atoms with E-state index in [9.17, 15) is 4.79 Å².